The van der Waals surface area contributed by atoms with Crippen molar-refractivity contribution in [2.75, 3.05) is 0 Å². The highest BCUT2D eigenvalue weighted by Gasteiger charge is 2.26. The first-order valence-corrected chi connectivity index (χ1v) is 11.6. The maximum Gasteiger partial charge on any atom is 0.119 e. The van der Waals surface area contributed by atoms with Gasteiger partial charge in [0.25, 0.3) is 0 Å². The van der Waals surface area contributed by atoms with E-state index >= 15 is 0 Å². The van der Waals surface area contributed by atoms with Crippen LogP contribution < -0.4 is 5.19 Å². The topological polar surface area (TPSA) is 0 Å². The van der Waals surface area contributed by atoms with Crippen LogP contribution in [-0.4, -0.2) is 8.07 Å². The van der Waals surface area contributed by atoms with Crippen molar-refractivity contribution in [2.24, 2.45) is 0 Å². The van der Waals surface area contributed by atoms with Crippen LogP contribution in [0.4, 0.5) is 0 Å². The number of benzene rings is 2. The van der Waals surface area contributed by atoms with Gasteiger partial charge in [-0.15, -0.1) is 0 Å². The SMILES string of the molecule is C[Si](C)(/C(I)=C\CCCc1ccccc1)c1ccccc1. The minimum atomic E-state index is -1.46. The van der Waals surface area contributed by atoms with E-state index in [2.05, 4.69) is 102 Å². The summed E-state index contributed by atoms with van der Waals surface area (Å²) in [5.74, 6) is 0. The molecule has 2 rings (SSSR count). The molecule has 2 aromatic carbocycles. The Balaban J connectivity index is 1.92. The van der Waals surface area contributed by atoms with Crippen molar-refractivity contribution in [3.05, 3.63) is 75.5 Å². The minimum absolute atomic E-state index is 1.18. The Morgan fingerprint density at radius 3 is 2.14 bits per heavy atom. The molecule has 0 atom stereocenters. The fourth-order valence-electron chi connectivity index (χ4n) is 2.43. The third kappa shape index (κ3) is 4.82. The van der Waals surface area contributed by atoms with Crippen LogP contribution >= 0.6 is 22.6 Å². The molecule has 0 amide bonds. The van der Waals surface area contributed by atoms with Crippen LogP contribution in [0.15, 0.2) is 69.9 Å². The first kappa shape index (κ1) is 16.5. The van der Waals surface area contributed by atoms with E-state index in [0.29, 0.717) is 0 Å². The lowest BCUT2D eigenvalue weighted by molar-refractivity contribution is 0.843. The van der Waals surface area contributed by atoms with Crippen molar-refractivity contribution in [2.45, 2.75) is 32.4 Å². The van der Waals surface area contributed by atoms with Crippen LogP contribution in [0.5, 0.6) is 0 Å². The second-order valence-corrected chi connectivity index (χ2v) is 12.5. The lowest BCUT2D eigenvalue weighted by Crippen LogP contribution is -2.41. The zero-order valence-corrected chi connectivity index (χ0v) is 16.0. The Morgan fingerprint density at radius 2 is 1.52 bits per heavy atom. The molecule has 0 aromatic heterocycles. The lowest BCUT2D eigenvalue weighted by Gasteiger charge is -2.23. The Bertz CT molecular complexity index is 573. The van der Waals surface area contributed by atoms with Crippen LogP contribution in [0.25, 0.3) is 0 Å². The number of aryl methyl sites for hydroxylation is 1. The zero-order valence-electron chi connectivity index (χ0n) is 12.9. The molecule has 2 heteroatoms. The van der Waals surface area contributed by atoms with Gasteiger partial charge in [-0.25, -0.2) is 0 Å². The summed E-state index contributed by atoms with van der Waals surface area (Å²) in [6.07, 6.45) is 6.05. The fraction of sp³-hybridized carbons (Fsp3) is 0.263. The molecule has 0 heterocycles. The van der Waals surface area contributed by atoms with Crippen LogP contribution in [0, 0.1) is 0 Å². The van der Waals surface area contributed by atoms with Crippen molar-refractivity contribution in [1.29, 1.82) is 0 Å². The van der Waals surface area contributed by atoms with Gasteiger partial charge < -0.3 is 0 Å². The number of rotatable bonds is 6. The molecule has 0 radical (unpaired) electrons. The van der Waals surface area contributed by atoms with E-state index in [1.54, 1.807) is 3.20 Å². The van der Waals surface area contributed by atoms with Gasteiger partial charge in [0, 0.05) is 0 Å². The molecular formula is C19H23ISi. The molecule has 0 aliphatic rings. The van der Waals surface area contributed by atoms with Crippen molar-refractivity contribution in [3.8, 4) is 0 Å². The first-order valence-electron chi connectivity index (χ1n) is 7.56. The number of hydrogen-bond acceptors (Lipinski definition) is 0. The molecule has 0 nitrogen and oxygen atoms in total. The van der Waals surface area contributed by atoms with Gasteiger partial charge in [-0.05, 0) is 28.0 Å². The average Bonchev–Trinajstić information content (AvgIpc) is 2.53. The molecule has 21 heavy (non-hydrogen) atoms. The maximum absolute atomic E-state index is 2.57. The second-order valence-electron chi connectivity index (χ2n) is 5.92. The molecule has 0 fully saturated rings. The fourth-order valence-corrected chi connectivity index (χ4v) is 5.63. The zero-order chi connectivity index (χ0) is 15.1. The third-order valence-electron chi connectivity index (χ3n) is 3.93. The molecule has 0 aliphatic heterocycles. The summed E-state index contributed by atoms with van der Waals surface area (Å²) in [6, 6.07) is 21.7. The molecule has 110 valence electrons. The smallest absolute Gasteiger partial charge is 0.0789 e. The highest BCUT2D eigenvalue weighted by atomic mass is 127. The van der Waals surface area contributed by atoms with Crippen LogP contribution in [0.1, 0.15) is 18.4 Å². The predicted octanol–water partition coefficient (Wildman–Crippen LogP) is 5.48. The van der Waals surface area contributed by atoms with Gasteiger partial charge in [-0.2, -0.15) is 0 Å². The molecule has 2 aromatic rings. The Morgan fingerprint density at radius 1 is 0.952 bits per heavy atom. The molecule has 0 spiro atoms. The molecular weight excluding hydrogens is 383 g/mol. The van der Waals surface area contributed by atoms with E-state index in [1.807, 2.05) is 0 Å². The number of hydrogen-bond donors (Lipinski definition) is 0. The van der Waals surface area contributed by atoms with Gasteiger partial charge >= 0.3 is 0 Å². The van der Waals surface area contributed by atoms with Gasteiger partial charge in [0.1, 0.15) is 8.07 Å². The summed E-state index contributed by atoms with van der Waals surface area (Å²) in [4.78, 5) is 0. The monoisotopic (exact) mass is 406 g/mol. The summed E-state index contributed by atoms with van der Waals surface area (Å²) in [5.41, 5.74) is 1.44. The maximum atomic E-state index is 2.57. The van der Waals surface area contributed by atoms with E-state index in [9.17, 15) is 0 Å². The van der Waals surface area contributed by atoms with Crippen LogP contribution in [0.2, 0.25) is 13.1 Å². The molecule has 0 bridgehead atoms. The van der Waals surface area contributed by atoms with E-state index < -0.39 is 8.07 Å². The summed E-state index contributed by atoms with van der Waals surface area (Å²) in [6.45, 7) is 4.88. The largest absolute Gasteiger partial charge is 0.119 e. The molecule has 0 aliphatic carbocycles. The summed E-state index contributed by atoms with van der Waals surface area (Å²) in [5, 5.41) is 1.52. The Kier molecular flexibility index (Phi) is 6.24. The minimum Gasteiger partial charge on any atom is -0.0789 e. The molecule has 0 N–H and O–H groups in total. The lowest BCUT2D eigenvalue weighted by atomic mass is 10.1. The average molecular weight is 406 g/mol. The van der Waals surface area contributed by atoms with Gasteiger partial charge in [-0.1, -0.05) is 108 Å². The highest BCUT2D eigenvalue weighted by molar-refractivity contribution is 14.1. The highest BCUT2D eigenvalue weighted by Crippen LogP contribution is 2.22. The Hall–Kier alpha value is -0.873. The third-order valence-corrected chi connectivity index (χ3v) is 11.6. The molecule has 0 saturated heterocycles. The van der Waals surface area contributed by atoms with Gasteiger partial charge in [0.2, 0.25) is 0 Å². The number of halogens is 1. The normalized spacial score (nSPS) is 12.4. The van der Waals surface area contributed by atoms with Crippen LogP contribution in [0.3, 0.4) is 0 Å². The first-order chi connectivity index (χ1) is 10.1. The van der Waals surface area contributed by atoms with E-state index in [0.717, 1.165) is 0 Å². The van der Waals surface area contributed by atoms with Crippen LogP contribution in [-0.2, 0) is 6.42 Å². The molecule has 0 saturated carbocycles. The van der Waals surface area contributed by atoms with Crippen molar-refractivity contribution in [3.63, 3.8) is 0 Å². The van der Waals surface area contributed by atoms with E-state index in [4.69, 9.17) is 0 Å². The second kappa shape index (κ2) is 7.94. The summed E-state index contributed by atoms with van der Waals surface area (Å²) < 4.78 is 1.57. The van der Waals surface area contributed by atoms with Gasteiger partial charge in [0.15, 0.2) is 0 Å². The van der Waals surface area contributed by atoms with Crippen molar-refractivity contribution in [1.82, 2.24) is 0 Å². The van der Waals surface area contributed by atoms with Crippen molar-refractivity contribution >= 4 is 35.9 Å². The summed E-state index contributed by atoms with van der Waals surface area (Å²) >= 11 is 2.57. The predicted molar refractivity (Wildman–Crippen MR) is 105 cm³/mol. The quantitative estimate of drug-likeness (QED) is 0.338. The van der Waals surface area contributed by atoms with Crippen molar-refractivity contribution < 1.29 is 0 Å². The van der Waals surface area contributed by atoms with E-state index in [1.165, 1.54) is 30.0 Å². The standard InChI is InChI=1S/C19H23ISi/c1-21(2,18-14-7-4-8-15-18)19(20)16-10-9-13-17-11-5-3-6-12-17/h3-8,11-12,14-16H,9-10,13H2,1-2H3/b19-16-. The van der Waals surface area contributed by atoms with Gasteiger partial charge in [-0.3, -0.25) is 0 Å². The number of unbranched alkanes of at least 4 members (excludes halogenated alkanes) is 1. The van der Waals surface area contributed by atoms with E-state index in [-0.39, 0.29) is 0 Å². The number of allylic oxidation sites excluding steroid dienone is 1. The Labute approximate surface area is 143 Å². The summed E-state index contributed by atoms with van der Waals surface area (Å²) in [7, 11) is -1.46. The van der Waals surface area contributed by atoms with Gasteiger partial charge in [0.05, 0.1) is 0 Å². The molecule has 0 unspecified atom stereocenters.